The smallest absolute Gasteiger partial charge is 0.282 e. The molecule has 0 bridgehead atoms. The summed E-state index contributed by atoms with van der Waals surface area (Å²) in [5.74, 6) is 0.490. The van der Waals surface area contributed by atoms with Crippen LogP contribution >= 0.6 is 0 Å². The highest BCUT2D eigenvalue weighted by atomic mass is 32.2. The summed E-state index contributed by atoms with van der Waals surface area (Å²) in [7, 11) is -4.14. The molecular formula is C20H19N3O7S. The van der Waals surface area contributed by atoms with Gasteiger partial charge in [-0.25, -0.2) is 8.42 Å². The average Bonchev–Trinajstić information content (AvgIpc) is 3.17. The van der Waals surface area contributed by atoms with Gasteiger partial charge in [-0.3, -0.25) is 10.1 Å². The van der Waals surface area contributed by atoms with Gasteiger partial charge in [0.25, 0.3) is 5.69 Å². The molecule has 11 heteroatoms. The molecule has 0 unspecified atom stereocenters. The van der Waals surface area contributed by atoms with Crippen molar-refractivity contribution < 1.29 is 27.2 Å². The van der Waals surface area contributed by atoms with Gasteiger partial charge in [0.05, 0.1) is 9.82 Å². The third-order valence-electron chi connectivity index (χ3n) is 4.43. The molecule has 0 fully saturated rings. The van der Waals surface area contributed by atoms with E-state index in [9.17, 15) is 18.5 Å². The van der Waals surface area contributed by atoms with Crippen LogP contribution in [-0.2, 0) is 9.84 Å². The van der Waals surface area contributed by atoms with Crippen molar-refractivity contribution in [1.82, 2.24) is 4.98 Å². The van der Waals surface area contributed by atoms with E-state index < -0.39 is 14.8 Å². The van der Waals surface area contributed by atoms with Gasteiger partial charge in [0.1, 0.15) is 18.8 Å². The molecule has 1 aliphatic rings. The normalized spacial score (nSPS) is 13.3. The fourth-order valence-electron chi connectivity index (χ4n) is 3.07. The molecule has 2 aromatic carbocycles. The van der Waals surface area contributed by atoms with Crippen molar-refractivity contribution in [3.8, 4) is 23.0 Å². The Morgan fingerprint density at radius 2 is 1.81 bits per heavy atom. The number of hydrogen-bond acceptors (Lipinski definition) is 9. The minimum absolute atomic E-state index is 0.0639. The lowest BCUT2D eigenvalue weighted by molar-refractivity contribution is -0.384. The fourth-order valence-corrected chi connectivity index (χ4v) is 4.35. The van der Waals surface area contributed by atoms with E-state index in [4.69, 9.17) is 13.9 Å². The first-order chi connectivity index (χ1) is 14.8. The van der Waals surface area contributed by atoms with E-state index in [1.165, 1.54) is 36.4 Å². The summed E-state index contributed by atoms with van der Waals surface area (Å²) in [5, 5.41) is 13.9. The summed E-state index contributed by atoms with van der Waals surface area (Å²) in [6.45, 7) is 4.29. The van der Waals surface area contributed by atoms with Crippen LogP contribution < -0.4 is 14.8 Å². The molecule has 0 spiro atoms. The topological polar surface area (TPSA) is 134 Å². The van der Waals surface area contributed by atoms with Crippen molar-refractivity contribution in [2.75, 3.05) is 18.5 Å². The van der Waals surface area contributed by atoms with Crippen LogP contribution in [0, 0.1) is 10.1 Å². The van der Waals surface area contributed by atoms with E-state index in [0.29, 0.717) is 24.7 Å². The molecule has 0 amide bonds. The molecule has 2 heterocycles. The number of fused-ring (bicyclic) bond motifs is 1. The maximum Gasteiger partial charge on any atom is 0.282 e. The summed E-state index contributed by atoms with van der Waals surface area (Å²) in [5.41, 5.74) is -0.175. The number of nitro groups is 1. The van der Waals surface area contributed by atoms with Gasteiger partial charge in [-0.1, -0.05) is 12.1 Å². The number of anilines is 1. The standard InChI is InChI=1S/C20H19N3O7S/c1-12(2)21-19-20(22-18(30-19)14-5-3-4-6-15(14)23(24)25)31(26,27)13-7-8-16-17(11-13)29-10-9-28-16/h3-8,11-12,21H,9-10H2,1-2H3. The van der Waals surface area contributed by atoms with Gasteiger partial charge < -0.3 is 19.2 Å². The van der Waals surface area contributed by atoms with Crippen molar-refractivity contribution in [3.05, 3.63) is 52.6 Å². The van der Waals surface area contributed by atoms with E-state index in [1.807, 2.05) is 0 Å². The zero-order valence-corrected chi connectivity index (χ0v) is 17.5. The fraction of sp³-hybridized carbons (Fsp3) is 0.250. The number of aromatic nitrogens is 1. The number of sulfone groups is 1. The Hall–Kier alpha value is -3.60. The molecule has 1 N–H and O–H groups in total. The predicted octanol–water partition coefficient (Wildman–Crippen LogP) is 3.67. The van der Waals surface area contributed by atoms with Gasteiger partial charge in [-0.05, 0) is 32.0 Å². The molecule has 0 saturated carbocycles. The number of hydrogen-bond donors (Lipinski definition) is 1. The zero-order chi connectivity index (χ0) is 22.2. The van der Waals surface area contributed by atoms with E-state index >= 15 is 0 Å². The molecule has 1 aromatic heterocycles. The Morgan fingerprint density at radius 3 is 2.52 bits per heavy atom. The van der Waals surface area contributed by atoms with Crippen LogP contribution in [0.4, 0.5) is 11.6 Å². The Bertz CT molecular complexity index is 1250. The number of para-hydroxylation sites is 1. The monoisotopic (exact) mass is 445 g/mol. The second kappa shape index (κ2) is 7.91. The first-order valence-corrected chi connectivity index (χ1v) is 10.9. The molecule has 0 aliphatic carbocycles. The molecular weight excluding hydrogens is 426 g/mol. The second-order valence-corrected chi connectivity index (χ2v) is 8.90. The van der Waals surface area contributed by atoms with E-state index in [-0.39, 0.29) is 39.0 Å². The quantitative estimate of drug-likeness (QED) is 0.445. The van der Waals surface area contributed by atoms with Crippen molar-refractivity contribution in [1.29, 1.82) is 0 Å². The van der Waals surface area contributed by atoms with Gasteiger partial charge >= 0.3 is 0 Å². The van der Waals surface area contributed by atoms with Crippen molar-refractivity contribution in [2.24, 2.45) is 0 Å². The van der Waals surface area contributed by atoms with Crippen molar-refractivity contribution in [3.63, 3.8) is 0 Å². The Morgan fingerprint density at radius 1 is 1.10 bits per heavy atom. The molecule has 4 rings (SSSR count). The first-order valence-electron chi connectivity index (χ1n) is 9.43. The van der Waals surface area contributed by atoms with Crippen molar-refractivity contribution in [2.45, 2.75) is 29.8 Å². The Labute approximate surface area is 177 Å². The molecule has 31 heavy (non-hydrogen) atoms. The lowest BCUT2D eigenvalue weighted by Crippen LogP contribution is -2.16. The van der Waals surface area contributed by atoms with Gasteiger partial charge in [-0.15, -0.1) is 0 Å². The first kappa shape index (κ1) is 20.7. The Kier molecular flexibility index (Phi) is 5.27. The molecule has 0 atom stereocenters. The van der Waals surface area contributed by atoms with Crippen LogP contribution in [0.5, 0.6) is 11.5 Å². The SMILES string of the molecule is CC(C)Nc1oc(-c2ccccc2[N+](=O)[O-])nc1S(=O)(=O)c1ccc2c(c1)OCCO2. The summed E-state index contributed by atoms with van der Waals surface area (Å²) >= 11 is 0. The highest BCUT2D eigenvalue weighted by molar-refractivity contribution is 7.91. The predicted molar refractivity (Wildman–Crippen MR) is 110 cm³/mol. The average molecular weight is 445 g/mol. The minimum atomic E-state index is -4.14. The maximum atomic E-state index is 13.4. The lowest BCUT2D eigenvalue weighted by atomic mass is 10.2. The van der Waals surface area contributed by atoms with E-state index in [2.05, 4.69) is 10.3 Å². The second-order valence-electron chi connectivity index (χ2n) is 7.04. The number of ether oxygens (including phenoxy) is 2. The van der Waals surface area contributed by atoms with Crippen LogP contribution in [0.1, 0.15) is 13.8 Å². The highest BCUT2D eigenvalue weighted by Crippen LogP contribution is 2.38. The minimum Gasteiger partial charge on any atom is -0.486 e. The third kappa shape index (κ3) is 3.91. The lowest BCUT2D eigenvalue weighted by Gasteiger charge is -2.18. The molecule has 0 radical (unpaired) electrons. The van der Waals surface area contributed by atoms with Crippen molar-refractivity contribution >= 4 is 21.4 Å². The number of benzene rings is 2. The number of nitro benzene ring substituents is 1. The largest absolute Gasteiger partial charge is 0.486 e. The Balaban J connectivity index is 1.85. The molecule has 3 aromatic rings. The van der Waals surface area contributed by atoms with Crippen LogP contribution in [0.2, 0.25) is 0 Å². The summed E-state index contributed by atoms with van der Waals surface area (Å²) in [6.07, 6.45) is 0. The van der Waals surface area contributed by atoms with Gasteiger partial charge in [-0.2, -0.15) is 4.98 Å². The van der Waals surface area contributed by atoms with E-state index in [1.54, 1.807) is 19.9 Å². The van der Waals surface area contributed by atoms with E-state index in [0.717, 1.165) is 0 Å². The number of nitrogens with one attached hydrogen (secondary N) is 1. The third-order valence-corrected chi connectivity index (χ3v) is 6.09. The number of oxazole rings is 1. The van der Waals surface area contributed by atoms with Gasteiger partial charge in [0.15, 0.2) is 11.5 Å². The zero-order valence-electron chi connectivity index (χ0n) is 16.7. The number of rotatable bonds is 6. The maximum absolute atomic E-state index is 13.4. The van der Waals surface area contributed by atoms with Crippen LogP contribution in [0.15, 0.2) is 56.8 Å². The van der Waals surface area contributed by atoms with Gasteiger partial charge in [0, 0.05) is 18.2 Å². The highest BCUT2D eigenvalue weighted by Gasteiger charge is 2.31. The summed E-state index contributed by atoms with van der Waals surface area (Å²) < 4.78 is 43.4. The molecule has 1 aliphatic heterocycles. The van der Waals surface area contributed by atoms with Gasteiger partial charge in [0.2, 0.25) is 26.6 Å². The summed E-state index contributed by atoms with van der Waals surface area (Å²) in [6, 6.07) is 9.92. The molecule has 162 valence electrons. The number of nitrogens with zero attached hydrogens (tertiary/aromatic N) is 2. The summed E-state index contributed by atoms with van der Waals surface area (Å²) in [4.78, 5) is 14.9. The van der Waals surface area contributed by atoms with Crippen LogP contribution in [-0.4, -0.2) is 37.6 Å². The van der Waals surface area contributed by atoms with Crippen LogP contribution in [0.25, 0.3) is 11.5 Å². The molecule has 0 saturated heterocycles. The molecule has 10 nitrogen and oxygen atoms in total. The van der Waals surface area contributed by atoms with Crippen LogP contribution in [0.3, 0.4) is 0 Å².